The maximum atomic E-state index is 12.8. The van der Waals surface area contributed by atoms with Crippen molar-refractivity contribution in [2.45, 2.75) is 19.5 Å². The van der Waals surface area contributed by atoms with Crippen molar-refractivity contribution in [3.63, 3.8) is 0 Å². The van der Waals surface area contributed by atoms with Gasteiger partial charge in [-0.15, -0.1) is 0 Å². The molecule has 1 unspecified atom stereocenters. The predicted molar refractivity (Wildman–Crippen MR) is 116 cm³/mol. The number of carbonyl (C=O) groups excluding carboxylic acids is 2. The Morgan fingerprint density at radius 2 is 1.90 bits per heavy atom. The summed E-state index contributed by atoms with van der Waals surface area (Å²) >= 11 is 1.29. The number of nitrogens with zero attached hydrogens (tertiary/aromatic N) is 3. The van der Waals surface area contributed by atoms with Gasteiger partial charge in [-0.25, -0.2) is 0 Å². The second kappa shape index (κ2) is 8.40. The highest BCUT2D eigenvalue weighted by atomic mass is 32.2. The van der Waals surface area contributed by atoms with Crippen LogP contribution in [0.15, 0.2) is 72.1 Å². The van der Waals surface area contributed by atoms with Crippen molar-refractivity contribution in [2.75, 3.05) is 16.0 Å². The van der Waals surface area contributed by atoms with Crippen molar-refractivity contribution >= 4 is 40.1 Å². The molecule has 2 heterocycles. The average molecular weight is 407 g/mol. The van der Waals surface area contributed by atoms with Crippen molar-refractivity contribution in [2.24, 2.45) is 5.10 Å². The summed E-state index contributed by atoms with van der Waals surface area (Å²) in [6.07, 6.45) is 3.76. The molecule has 0 bridgehead atoms. The first-order valence-electron chi connectivity index (χ1n) is 9.36. The van der Waals surface area contributed by atoms with Crippen LogP contribution in [0.25, 0.3) is 0 Å². The zero-order valence-corrected chi connectivity index (χ0v) is 16.7. The summed E-state index contributed by atoms with van der Waals surface area (Å²) < 4.78 is 0. The van der Waals surface area contributed by atoms with Gasteiger partial charge in [-0.2, -0.15) is 5.10 Å². The number of amidine groups is 1. The molecule has 8 heteroatoms. The van der Waals surface area contributed by atoms with Gasteiger partial charge in [0.1, 0.15) is 0 Å². The van der Waals surface area contributed by atoms with E-state index in [9.17, 15) is 9.59 Å². The van der Waals surface area contributed by atoms with Gasteiger partial charge in [0.2, 0.25) is 12.1 Å². The number of thioether (sulfide) groups is 1. The normalized spacial score (nSPS) is 17.6. The zero-order valence-electron chi connectivity index (χ0n) is 15.9. The maximum Gasteiger partial charge on any atom is 0.276 e. The summed E-state index contributed by atoms with van der Waals surface area (Å²) in [7, 11) is 0. The highest BCUT2D eigenvalue weighted by Crippen LogP contribution is 2.25. The van der Waals surface area contributed by atoms with Gasteiger partial charge in [0.15, 0.2) is 5.17 Å². The van der Waals surface area contributed by atoms with E-state index < -0.39 is 6.17 Å². The molecule has 1 atom stereocenters. The van der Waals surface area contributed by atoms with Crippen LogP contribution in [-0.2, 0) is 16.0 Å². The topological polar surface area (TPSA) is 77.0 Å². The third-order valence-corrected chi connectivity index (χ3v) is 5.64. The van der Waals surface area contributed by atoms with Crippen LogP contribution in [-0.4, -0.2) is 33.8 Å². The SMILES string of the molecule is CCc1ccccc1NC(=O)CSC1=NNC2C(=O)N(c3ccccc3)C=CN12. The molecule has 2 amide bonds. The number of hydrogen-bond acceptors (Lipinski definition) is 6. The Morgan fingerprint density at radius 3 is 2.69 bits per heavy atom. The van der Waals surface area contributed by atoms with E-state index in [0.29, 0.717) is 5.17 Å². The molecule has 0 saturated heterocycles. The average Bonchev–Trinajstić information content (AvgIpc) is 3.17. The Balaban J connectivity index is 1.38. The predicted octanol–water partition coefficient (Wildman–Crippen LogP) is 2.94. The molecule has 0 saturated carbocycles. The van der Waals surface area contributed by atoms with Crippen LogP contribution in [0.1, 0.15) is 12.5 Å². The minimum Gasteiger partial charge on any atom is -0.325 e. The number of benzene rings is 2. The van der Waals surface area contributed by atoms with Gasteiger partial charge in [0.05, 0.1) is 5.75 Å². The molecule has 4 rings (SSSR count). The first-order valence-corrected chi connectivity index (χ1v) is 10.3. The van der Waals surface area contributed by atoms with E-state index >= 15 is 0 Å². The molecule has 2 aromatic rings. The maximum absolute atomic E-state index is 12.8. The van der Waals surface area contributed by atoms with Crippen LogP contribution in [0.5, 0.6) is 0 Å². The molecule has 2 N–H and O–H groups in total. The largest absolute Gasteiger partial charge is 0.325 e. The zero-order chi connectivity index (χ0) is 20.2. The molecule has 7 nitrogen and oxygen atoms in total. The number of hydrogen-bond donors (Lipinski definition) is 2. The number of aryl methyl sites for hydroxylation is 1. The molecule has 2 aromatic carbocycles. The number of para-hydroxylation sites is 2. The number of amides is 2. The molecule has 0 spiro atoms. The summed E-state index contributed by atoms with van der Waals surface area (Å²) in [5, 5.41) is 7.79. The van der Waals surface area contributed by atoms with Crippen LogP contribution in [0.3, 0.4) is 0 Å². The summed E-state index contributed by atoms with van der Waals surface area (Å²) in [6.45, 7) is 2.05. The summed E-state index contributed by atoms with van der Waals surface area (Å²) in [4.78, 5) is 28.5. The molecule has 0 aromatic heterocycles. The van der Waals surface area contributed by atoms with Crippen molar-refractivity contribution in [1.29, 1.82) is 0 Å². The molecule has 0 fully saturated rings. The molecule has 0 aliphatic carbocycles. The quantitative estimate of drug-likeness (QED) is 0.797. The Labute approximate surface area is 173 Å². The molecular formula is C21H21N5O2S. The monoisotopic (exact) mass is 407 g/mol. The van der Waals surface area contributed by atoms with Gasteiger partial charge in [-0.3, -0.25) is 24.8 Å². The molecule has 0 radical (unpaired) electrons. The fourth-order valence-electron chi connectivity index (χ4n) is 3.19. The van der Waals surface area contributed by atoms with Crippen LogP contribution >= 0.6 is 11.8 Å². The highest BCUT2D eigenvalue weighted by Gasteiger charge is 2.38. The van der Waals surface area contributed by atoms with Gasteiger partial charge >= 0.3 is 0 Å². The minimum atomic E-state index is -0.605. The highest BCUT2D eigenvalue weighted by molar-refractivity contribution is 8.14. The number of anilines is 2. The van der Waals surface area contributed by atoms with Gasteiger partial charge in [0.25, 0.3) is 5.91 Å². The first kappa shape index (κ1) is 19.1. The lowest BCUT2D eigenvalue weighted by atomic mass is 10.1. The Morgan fingerprint density at radius 1 is 1.14 bits per heavy atom. The summed E-state index contributed by atoms with van der Waals surface area (Å²) in [6, 6.07) is 17.2. The van der Waals surface area contributed by atoms with Crippen molar-refractivity contribution < 1.29 is 9.59 Å². The second-order valence-corrected chi connectivity index (χ2v) is 7.47. The number of rotatable bonds is 5. The first-order chi connectivity index (χ1) is 14.2. The van der Waals surface area contributed by atoms with E-state index in [-0.39, 0.29) is 17.6 Å². The van der Waals surface area contributed by atoms with Gasteiger partial charge in [-0.1, -0.05) is 55.1 Å². The van der Waals surface area contributed by atoms with E-state index in [1.165, 1.54) is 11.8 Å². The Bertz CT molecular complexity index is 976. The Hall–Kier alpha value is -3.26. The van der Waals surface area contributed by atoms with E-state index in [4.69, 9.17) is 0 Å². The number of carbonyl (C=O) groups is 2. The smallest absolute Gasteiger partial charge is 0.276 e. The van der Waals surface area contributed by atoms with Gasteiger partial charge < -0.3 is 5.32 Å². The summed E-state index contributed by atoms with van der Waals surface area (Å²) in [5.41, 5.74) is 5.59. The lowest BCUT2D eigenvalue weighted by molar-refractivity contribution is -0.122. The molecule has 2 aliphatic rings. The van der Waals surface area contributed by atoms with E-state index in [0.717, 1.165) is 23.4 Å². The van der Waals surface area contributed by atoms with Crippen LogP contribution < -0.4 is 15.6 Å². The molecule has 148 valence electrons. The number of hydrazone groups is 1. The third kappa shape index (κ3) is 3.97. The van der Waals surface area contributed by atoms with Crippen LogP contribution in [0.4, 0.5) is 11.4 Å². The molecular weight excluding hydrogens is 386 g/mol. The van der Waals surface area contributed by atoms with Crippen molar-refractivity contribution in [3.05, 3.63) is 72.6 Å². The van der Waals surface area contributed by atoms with Gasteiger partial charge in [0, 0.05) is 23.8 Å². The standard InChI is InChI=1S/C21H21N5O2S/c1-2-15-8-6-7-11-17(15)22-18(27)14-29-21-24-23-19-20(28)25(12-13-26(19)21)16-9-4-3-5-10-16/h3-13,19,23H,2,14H2,1H3,(H,22,27). The van der Waals surface area contributed by atoms with Crippen LogP contribution in [0, 0.1) is 0 Å². The fraction of sp³-hybridized carbons (Fsp3) is 0.190. The lowest BCUT2D eigenvalue weighted by Gasteiger charge is -2.31. The number of fused-ring (bicyclic) bond motifs is 1. The fourth-order valence-corrected chi connectivity index (χ4v) is 3.96. The van der Waals surface area contributed by atoms with Crippen molar-refractivity contribution in [1.82, 2.24) is 10.3 Å². The minimum absolute atomic E-state index is 0.111. The van der Waals surface area contributed by atoms with E-state index in [1.54, 1.807) is 22.2 Å². The van der Waals surface area contributed by atoms with Gasteiger partial charge in [-0.05, 0) is 30.2 Å². The second-order valence-electron chi connectivity index (χ2n) is 6.52. The Kier molecular flexibility index (Phi) is 5.53. The molecule has 2 aliphatic heterocycles. The lowest BCUT2D eigenvalue weighted by Crippen LogP contribution is -2.52. The van der Waals surface area contributed by atoms with E-state index in [2.05, 4.69) is 22.8 Å². The third-order valence-electron chi connectivity index (χ3n) is 4.67. The van der Waals surface area contributed by atoms with E-state index in [1.807, 2.05) is 54.6 Å². The number of nitrogens with one attached hydrogen (secondary N) is 2. The van der Waals surface area contributed by atoms with Crippen LogP contribution in [0.2, 0.25) is 0 Å². The molecule has 29 heavy (non-hydrogen) atoms. The summed E-state index contributed by atoms with van der Waals surface area (Å²) in [5.74, 6) is -0.0358. The van der Waals surface area contributed by atoms with Crippen molar-refractivity contribution in [3.8, 4) is 0 Å².